The minimum Gasteiger partial charge on any atom is -0.385 e. The maximum Gasteiger partial charge on any atom is 0.227 e. The monoisotopic (exact) mass is 908 g/mol. The predicted octanol–water partition coefficient (Wildman–Crippen LogP) is 6.59. The fraction of sp³-hybridized carbons (Fsp3) is 0.0541. The van der Waals surface area contributed by atoms with Gasteiger partial charge in [0, 0.05) is 5.56 Å². The number of benzene rings is 5. The number of carbonyl (C=O) groups excluding carboxylic acids is 1. The van der Waals surface area contributed by atoms with Crippen LogP contribution in [0.15, 0.2) is 48.9 Å². The zero-order valence-corrected chi connectivity index (χ0v) is 29.4. The molecule has 0 radical (unpaired) electrons. The van der Waals surface area contributed by atoms with Gasteiger partial charge in [0.15, 0.2) is 76.0 Å². The van der Waals surface area contributed by atoms with Crippen molar-refractivity contribution >= 4 is 33.8 Å². The molecule has 1 heterocycles. The van der Waals surface area contributed by atoms with E-state index < -0.39 is 144 Å². The van der Waals surface area contributed by atoms with Crippen LogP contribution < -0.4 is 26.4 Å². The van der Waals surface area contributed by atoms with E-state index in [9.17, 15) is 57.5 Å². The molecule has 6 aromatic rings. The molecular formula is C37H13BF20N2O2. The second-order valence-corrected chi connectivity index (χ2v) is 12.4. The molecule has 0 aliphatic carbocycles. The van der Waals surface area contributed by atoms with Crippen LogP contribution in [0.3, 0.4) is 0 Å². The van der Waals surface area contributed by atoms with E-state index in [1.165, 1.54) is 0 Å². The quantitative estimate of drug-likeness (QED) is 0.0469. The molecule has 1 aromatic heterocycles. The van der Waals surface area contributed by atoms with Crippen molar-refractivity contribution in [3.63, 3.8) is 0 Å². The molecule has 0 saturated heterocycles. The van der Waals surface area contributed by atoms with E-state index in [0.29, 0.717) is 11.3 Å². The fourth-order valence-corrected chi connectivity index (χ4v) is 6.45. The molecule has 0 fully saturated rings. The molecule has 326 valence electrons. The molecule has 25 heteroatoms. The Kier molecular flexibility index (Phi) is 13.1. The van der Waals surface area contributed by atoms with Crippen molar-refractivity contribution in [2.24, 2.45) is 0 Å². The van der Waals surface area contributed by atoms with Crippen molar-refractivity contribution in [2.45, 2.75) is 13.2 Å². The van der Waals surface area contributed by atoms with Gasteiger partial charge in [-0.2, -0.15) is 4.57 Å². The van der Waals surface area contributed by atoms with Gasteiger partial charge in [-0.3, -0.25) is 9.78 Å². The maximum atomic E-state index is 15.4. The summed E-state index contributed by atoms with van der Waals surface area (Å²) in [6, 6.07) is 9.09. The van der Waals surface area contributed by atoms with Gasteiger partial charge in [-0.1, -0.05) is 30.3 Å². The number of aromatic nitrogens is 2. The van der Waals surface area contributed by atoms with Crippen LogP contribution in [0.1, 0.15) is 16.1 Å². The third-order valence-corrected chi connectivity index (χ3v) is 9.20. The minimum absolute atomic E-state index is 0.0106. The molecule has 0 amide bonds. The summed E-state index contributed by atoms with van der Waals surface area (Å²) in [5.41, 5.74) is -13.0. The van der Waals surface area contributed by atoms with Crippen LogP contribution in [0, 0.1) is 116 Å². The highest BCUT2D eigenvalue weighted by Gasteiger charge is 2.52. The van der Waals surface area contributed by atoms with Gasteiger partial charge in [0.1, 0.15) is 59.3 Å². The number of halogens is 20. The lowest BCUT2D eigenvalue weighted by molar-refractivity contribution is -0.693. The molecule has 0 atom stereocenters. The largest absolute Gasteiger partial charge is 0.385 e. The van der Waals surface area contributed by atoms with Crippen LogP contribution in [0.5, 0.6) is 0 Å². The van der Waals surface area contributed by atoms with Gasteiger partial charge in [0.05, 0.1) is 12.4 Å². The second-order valence-electron chi connectivity index (χ2n) is 12.4. The van der Waals surface area contributed by atoms with Crippen LogP contribution in [0.2, 0.25) is 0 Å². The minimum atomic E-state index is -7.22. The lowest BCUT2D eigenvalue weighted by Crippen LogP contribution is -2.81. The second kappa shape index (κ2) is 17.5. The average molecular weight is 908 g/mol. The molecule has 0 aliphatic rings. The smallest absolute Gasteiger partial charge is 0.227 e. The van der Waals surface area contributed by atoms with E-state index in [0.717, 1.165) is 0 Å². The molecule has 62 heavy (non-hydrogen) atoms. The van der Waals surface area contributed by atoms with Crippen LogP contribution in [-0.4, -0.2) is 22.0 Å². The van der Waals surface area contributed by atoms with Crippen molar-refractivity contribution in [2.75, 3.05) is 0 Å². The van der Waals surface area contributed by atoms with Crippen LogP contribution in [-0.2, 0) is 13.2 Å². The summed E-state index contributed by atoms with van der Waals surface area (Å²) < 4.78 is 296. The number of hydrogen-bond donors (Lipinski definition) is 1. The summed E-state index contributed by atoms with van der Waals surface area (Å²) in [5, 5.41) is 9.13. The van der Waals surface area contributed by atoms with E-state index in [-0.39, 0.29) is 18.9 Å². The third-order valence-electron chi connectivity index (χ3n) is 9.20. The van der Waals surface area contributed by atoms with Gasteiger partial charge in [0.25, 0.3) is 0 Å². The summed E-state index contributed by atoms with van der Waals surface area (Å²) in [4.78, 5) is 15.9. The molecule has 0 aliphatic heterocycles. The fourth-order valence-electron chi connectivity index (χ4n) is 6.45. The Bertz CT molecular complexity index is 2410. The molecular weight excluding hydrogens is 895 g/mol. The van der Waals surface area contributed by atoms with E-state index in [1.54, 1.807) is 35.3 Å². The zero-order valence-electron chi connectivity index (χ0n) is 29.4. The zero-order chi connectivity index (χ0) is 46.4. The Hall–Kier alpha value is -6.53. The Labute approximate surface area is 330 Å². The number of ketones is 1. The predicted molar refractivity (Wildman–Crippen MR) is 170 cm³/mol. The van der Waals surface area contributed by atoms with E-state index in [2.05, 4.69) is 4.98 Å². The van der Waals surface area contributed by atoms with Gasteiger partial charge in [-0.15, -0.1) is 21.9 Å². The average Bonchev–Trinajstić information content (AvgIpc) is 3.26. The number of hydrogen-bond acceptors (Lipinski definition) is 3. The highest BCUT2D eigenvalue weighted by Crippen LogP contribution is 2.30. The molecule has 6 rings (SSSR count). The molecule has 0 saturated carbocycles. The normalized spacial score (nSPS) is 11.5. The van der Waals surface area contributed by atoms with Crippen LogP contribution in [0.25, 0.3) is 0 Å². The van der Waals surface area contributed by atoms with Gasteiger partial charge < -0.3 is 5.11 Å². The van der Waals surface area contributed by atoms with Gasteiger partial charge in [-0.25, -0.2) is 87.8 Å². The standard InChI is InChI=1S/C24BF20.C13H13N2O2/c26-5-1(6(27)14(35)21(42)13(5)34)25(2-7(28)15(36)22(43)16(37)8(2)29,3-9(30)17(38)23(44)18(39)10(3)31)4-11(32)19(40)24(45)20(41)12(4)33;16-10-12-8-14-6-7-15(12)9-13(17)11-4-2-1-3-5-11/h;1-8,16H,9-10H2/q-1;+1. The first-order valence-electron chi connectivity index (χ1n) is 16.3. The Morgan fingerprint density at radius 1 is 0.452 bits per heavy atom. The summed E-state index contributed by atoms with van der Waals surface area (Å²) in [6.45, 7) is 0.0817. The van der Waals surface area contributed by atoms with Crippen LogP contribution >= 0.6 is 0 Å². The highest BCUT2D eigenvalue weighted by atomic mass is 19.2. The maximum absolute atomic E-state index is 15.4. The van der Waals surface area contributed by atoms with Gasteiger partial charge in [-0.05, 0) is 0 Å². The van der Waals surface area contributed by atoms with Crippen molar-refractivity contribution < 1.29 is 102 Å². The van der Waals surface area contributed by atoms with Gasteiger partial charge >= 0.3 is 0 Å². The van der Waals surface area contributed by atoms with Crippen molar-refractivity contribution in [3.05, 3.63) is 177 Å². The molecule has 4 nitrogen and oxygen atoms in total. The van der Waals surface area contributed by atoms with Crippen LogP contribution in [0.4, 0.5) is 87.8 Å². The number of aliphatic hydroxyl groups excluding tert-OH is 1. The van der Waals surface area contributed by atoms with E-state index in [4.69, 9.17) is 5.11 Å². The number of aliphatic hydroxyl groups is 1. The van der Waals surface area contributed by atoms with Crippen molar-refractivity contribution in [1.82, 2.24) is 4.98 Å². The molecule has 0 unspecified atom stereocenters. The van der Waals surface area contributed by atoms with E-state index in [1.807, 2.05) is 18.2 Å². The van der Waals surface area contributed by atoms with Crippen molar-refractivity contribution in [3.8, 4) is 0 Å². The lowest BCUT2D eigenvalue weighted by Gasteiger charge is -2.44. The summed E-state index contributed by atoms with van der Waals surface area (Å²) in [6.07, 6.45) is -2.38. The Balaban J connectivity index is 0.000000355. The topological polar surface area (TPSA) is 54.1 Å². The van der Waals surface area contributed by atoms with Crippen molar-refractivity contribution in [1.29, 1.82) is 0 Å². The number of rotatable bonds is 8. The molecule has 0 spiro atoms. The lowest BCUT2D eigenvalue weighted by atomic mass is 9.12. The first kappa shape index (κ1) is 46.5. The van der Waals surface area contributed by atoms with E-state index >= 15 is 35.1 Å². The van der Waals surface area contributed by atoms with Gasteiger partial charge in [0.2, 0.25) is 18.0 Å². The SMILES string of the molecule is Fc1c(F)c(F)c([B-](c2c(F)c(F)c(F)c(F)c2F)(c2c(F)c(F)c(F)c(F)c2F)c2c(F)c(F)c(F)c(F)c2F)c(F)c1F.O=C(C[n+]1ccncc1CO)c1ccccc1. The Morgan fingerprint density at radius 3 is 1.00 bits per heavy atom. The molecule has 5 aromatic carbocycles. The summed E-state index contributed by atoms with van der Waals surface area (Å²) in [5.74, 6) is -71.4. The third kappa shape index (κ3) is 7.25. The first-order chi connectivity index (χ1) is 29.0. The summed E-state index contributed by atoms with van der Waals surface area (Å²) >= 11 is 0. The summed E-state index contributed by atoms with van der Waals surface area (Å²) in [7, 11) is 0. The molecule has 0 bridgehead atoms. The Morgan fingerprint density at radius 2 is 0.726 bits per heavy atom. The number of nitrogens with zero attached hydrogens (tertiary/aromatic N) is 2. The number of Topliss-reactive ketones (excluding diaryl/α,β-unsaturated/α-hetero) is 1. The highest BCUT2D eigenvalue weighted by molar-refractivity contribution is 7.20. The first-order valence-corrected chi connectivity index (χ1v) is 16.3. The molecule has 1 N–H and O–H groups in total. The number of carbonyl (C=O) groups is 1.